The third-order valence-corrected chi connectivity index (χ3v) is 8.83. The fourth-order valence-corrected chi connectivity index (χ4v) is 6.17. The third kappa shape index (κ3) is 8.05. The van der Waals surface area contributed by atoms with Gasteiger partial charge in [-0.05, 0) is 69.6 Å². The minimum Gasteiger partial charge on any atom is -0.305 e. The molecule has 0 fully saturated rings. The lowest BCUT2D eigenvalue weighted by Crippen LogP contribution is -2.31. The summed E-state index contributed by atoms with van der Waals surface area (Å²) in [5, 5.41) is 10.2. The first kappa shape index (κ1) is 28.7. The second kappa shape index (κ2) is 14.1. The van der Waals surface area contributed by atoms with Crippen LogP contribution in [0.25, 0.3) is 0 Å². The monoisotopic (exact) mass is 549 g/mol. The van der Waals surface area contributed by atoms with Gasteiger partial charge in [-0.3, -0.25) is 0 Å². The van der Waals surface area contributed by atoms with Crippen LogP contribution in [0.2, 0.25) is 5.02 Å². The molecule has 0 radical (unpaired) electrons. The van der Waals surface area contributed by atoms with Crippen LogP contribution in [0.3, 0.4) is 0 Å². The lowest BCUT2D eigenvalue weighted by Gasteiger charge is -2.23. The fourth-order valence-electron chi connectivity index (χ4n) is 4.14. The summed E-state index contributed by atoms with van der Waals surface area (Å²) in [5.74, 6) is 1.33. The molecule has 1 atom stereocenters. The van der Waals surface area contributed by atoms with Gasteiger partial charge in [-0.25, -0.2) is 13.1 Å². The van der Waals surface area contributed by atoms with Gasteiger partial charge in [0.15, 0.2) is 11.0 Å². The summed E-state index contributed by atoms with van der Waals surface area (Å²) < 4.78 is 31.7. The molecule has 36 heavy (non-hydrogen) atoms. The van der Waals surface area contributed by atoms with E-state index in [0.29, 0.717) is 29.6 Å². The van der Waals surface area contributed by atoms with E-state index >= 15 is 0 Å². The summed E-state index contributed by atoms with van der Waals surface area (Å²) in [6, 6.07) is 5.65. The summed E-state index contributed by atoms with van der Waals surface area (Å²) in [5.41, 5.74) is 1.18. The number of aromatic nitrogens is 3. The van der Waals surface area contributed by atoms with Crippen LogP contribution >= 0.6 is 23.4 Å². The van der Waals surface area contributed by atoms with Crippen molar-refractivity contribution in [1.82, 2.24) is 24.4 Å². The van der Waals surface area contributed by atoms with Crippen molar-refractivity contribution in [3.05, 3.63) is 71.6 Å². The molecular formula is C26H36ClN5O2S2. The normalized spacial score (nSPS) is 14.7. The Bertz CT molecular complexity index is 1160. The van der Waals surface area contributed by atoms with Crippen molar-refractivity contribution < 1.29 is 8.42 Å². The average Bonchev–Trinajstić information content (AvgIpc) is 3.28. The zero-order valence-electron chi connectivity index (χ0n) is 21.1. The van der Waals surface area contributed by atoms with E-state index in [1.165, 1.54) is 17.7 Å². The van der Waals surface area contributed by atoms with Gasteiger partial charge in [0.1, 0.15) is 0 Å². The second-order valence-corrected chi connectivity index (χ2v) is 11.7. The highest BCUT2D eigenvalue weighted by molar-refractivity contribution is 7.99. The van der Waals surface area contributed by atoms with Gasteiger partial charge in [-0.15, -0.1) is 16.8 Å². The number of nitrogens with one attached hydrogen (secondary N) is 1. The number of thioether (sulfide) groups is 1. The molecule has 1 aliphatic rings. The molecule has 2 aromatic rings. The Kier molecular flexibility index (Phi) is 11.3. The lowest BCUT2D eigenvalue weighted by molar-refractivity contribution is 0.290. The Labute approximate surface area is 224 Å². The number of hydrogen-bond acceptors (Lipinski definition) is 6. The SMILES string of the molecule is C=CCSc1nnc([C@@H](CC2=CC=CCC2)NS(=O)(=O)c2ccc(Cl)cc2)n1CCCN(CC)CC. The lowest BCUT2D eigenvalue weighted by atomic mass is 9.98. The van der Waals surface area contributed by atoms with E-state index in [1.807, 2.05) is 12.2 Å². The highest BCUT2D eigenvalue weighted by Gasteiger charge is 2.28. The van der Waals surface area contributed by atoms with Gasteiger partial charge < -0.3 is 9.47 Å². The quantitative estimate of drug-likeness (QED) is 0.229. The fraction of sp³-hybridized carbons (Fsp3) is 0.462. The number of halogens is 1. The number of allylic oxidation sites excluding steroid dienone is 3. The van der Waals surface area contributed by atoms with Crippen LogP contribution in [0.1, 0.15) is 51.4 Å². The average molecular weight is 550 g/mol. The molecule has 0 amide bonds. The number of rotatable bonds is 15. The molecule has 0 saturated heterocycles. The van der Waals surface area contributed by atoms with E-state index in [-0.39, 0.29) is 4.90 Å². The second-order valence-electron chi connectivity index (χ2n) is 8.60. The van der Waals surface area contributed by atoms with E-state index in [1.54, 1.807) is 23.9 Å². The molecule has 0 aliphatic heterocycles. The molecule has 0 unspecified atom stereocenters. The predicted molar refractivity (Wildman–Crippen MR) is 149 cm³/mol. The van der Waals surface area contributed by atoms with Crippen LogP contribution < -0.4 is 4.72 Å². The van der Waals surface area contributed by atoms with Crippen LogP contribution in [0.5, 0.6) is 0 Å². The topological polar surface area (TPSA) is 80.1 Å². The van der Waals surface area contributed by atoms with Gasteiger partial charge in [-0.1, -0.05) is 67.1 Å². The van der Waals surface area contributed by atoms with Gasteiger partial charge in [0.25, 0.3) is 0 Å². The summed E-state index contributed by atoms with van der Waals surface area (Å²) in [6.07, 6.45) is 11.3. The van der Waals surface area contributed by atoms with Crippen LogP contribution in [0.15, 0.2) is 70.8 Å². The Morgan fingerprint density at radius 3 is 2.64 bits per heavy atom. The molecule has 1 aromatic heterocycles. The predicted octanol–water partition coefficient (Wildman–Crippen LogP) is 5.63. The summed E-state index contributed by atoms with van der Waals surface area (Å²) in [4.78, 5) is 2.55. The third-order valence-electron chi connectivity index (χ3n) is 6.13. The van der Waals surface area contributed by atoms with Crippen molar-refractivity contribution in [3.8, 4) is 0 Å². The number of sulfonamides is 1. The Morgan fingerprint density at radius 2 is 2.00 bits per heavy atom. The van der Waals surface area contributed by atoms with Crippen LogP contribution in [0.4, 0.5) is 0 Å². The van der Waals surface area contributed by atoms with E-state index in [4.69, 9.17) is 11.6 Å². The number of hydrogen-bond donors (Lipinski definition) is 1. The molecule has 1 N–H and O–H groups in total. The number of benzene rings is 1. The molecule has 1 aromatic carbocycles. The van der Waals surface area contributed by atoms with Gasteiger partial charge in [0, 0.05) is 17.3 Å². The molecule has 1 aliphatic carbocycles. The minimum absolute atomic E-state index is 0.170. The molecule has 0 spiro atoms. The van der Waals surface area contributed by atoms with Crippen LogP contribution in [0, 0.1) is 0 Å². The largest absolute Gasteiger partial charge is 0.305 e. The zero-order valence-corrected chi connectivity index (χ0v) is 23.5. The first-order chi connectivity index (χ1) is 17.4. The molecule has 0 saturated carbocycles. The Morgan fingerprint density at radius 1 is 1.25 bits per heavy atom. The van der Waals surface area contributed by atoms with E-state index < -0.39 is 16.1 Å². The highest BCUT2D eigenvalue weighted by atomic mass is 35.5. The maximum Gasteiger partial charge on any atom is 0.241 e. The summed E-state index contributed by atoms with van der Waals surface area (Å²) in [6.45, 7) is 11.8. The van der Waals surface area contributed by atoms with Crippen molar-refractivity contribution in [2.24, 2.45) is 0 Å². The minimum atomic E-state index is -3.81. The van der Waals surface area contributed by atoms with Crippen molar-refractivity contribution >= 4 is 33.4 Å². The van der Waals surface area contributed by atoms with Gasteiger partial charge in [0.2, 0.25) is 10.0 Å². The van der Waals surface area contributed by atoms with Crippen molar-refractivity contribution in [3.63, 3.8) is 0 Å². The van der Waals surface area contributed by atoms with Gasteiger partial charge >= 0.3 is 0 Å². The van der Waals surface area contributed by atoms with Crippen LogP contribution in [-0.2, 0) is 16.6 Å². The zero-order chi connectivity index (χ0) is 26.0. The highest BCUT2D eigenvalue weighted by Crippen LogP contribution is 2.29. The van der Waals surface area contributed by atoms with E-state index in [0.717, 1.165) is 44.1 Å². The molecule has 196 valence electrons. The molecular weight excluding hydrogens is 514 g/mol. The van der Waals surface area contributed by atoms with Crippen LogP contribution in [-0.4, -0.2) is 53.5 Å². The van der Waals surface area contributed by atoms with E-state index in [9.17, 15) is 8.42 Å². The summed E-state index contributed by atoms with van der Waals surface area (Å²) >= 11 is 7.54. The van der Waals surface area contributed by atoms with Crippen molar-refractivity contribution in [2.45, 2.75) is 62.2 Å². The first-order valence-electron chi connectivity index (χ1n) is 12.4. The Hall–Kier alpha value is -1.91. The molecule has 3 rings (SSSR count). The number of nitrogens with zero attached hydrogens (tertiary/aromatic N) is 4. The maximum absolute atomic E-state index is 13.4. The van der Waals surface area contributed by atoms with Crippen molar-refractivity contribution in [2.75, 3.05) is 25.4 Å². The molecule has 0 bridgehead atoms. The van der Waals surface area contributed by atoms with E-state index in [2.05, 4.69) is 57.0 Å². The summed E-state index contributed by atoms with van der Waals surface area (Å²) in [7, 11) is -3.81. The van der Waals surface area contributed by atoms with Crippen molar-refractivity contribution in [1.29, 1.82) is 0 Å². The molecule has 7 nitrogen and oxygen atoms in total. The maximum atomic E-state index is 13.4. The smallest absolute Gasteiger partial charge is 0.241 e. The first-order valence-corrected chi connectivity index (χ1v) is 15.2. The molecule has 1 heterocycles. The molecule has 10 heteroatoms. The Balaban J connectivity index is 1.94. The van der Waals surface area contributed by atoms with Gasteiger partial charge in [-0.2, -0.15) is 0 Å². The standard InChI is InChI=1S/C26H36ClN5O2S2/c1-4-19-35-26-29-28-25(32(26)18-10-17-31(5-2)6-3)24(20-21-11-8-7-9-12-21)30-36(33,34)23-15-13-22(27)14-16-23/h4,7-8,11,13-16,24,30H,1,5-6,9-10,12,17-20H2,2-3H3/t24-/m1/s1. The van der Waals surface area contributed by atoms with Gasteiger partial charge in [0.05, 0.1) is 10.9 Å².